The molecule has 1 saturated heterocycles. The number of piperazine rings is 1. The molecule has 2 N–H and O–H groups in total. The predicted octanol–water partition coefficient (Wildman–Crippen LogP) is -1.05. The van der Waals surface area contributed by atoms with Gasteiger partial charge in [-0.2, -0.15) is 0 Å². The number of rotatable bonds is 2. The van der Waals surface area contributed by atoms with E-state index in [0.717, 1.165) is 0 Å². The molecule has 1 atom stereocenters. The van der Waals surface area contributed by atoms with E-state index in [-0.39, 0.29) is 11.8 Å². The summed E-state index contributed by atoms with van der Waals surface area (Å²) in [4.78, 5) is 24.9. The number of carbonyl (C=O) groups is 2. The van der Waals surface area contributed by atoms with Gasteiger partial charge in [0.1, 0.15) is 6.04 Å². The monoisotopic (exact) mass is 223 g/mol. The van der Waals surface area contributed by atoms with Gasteiger partial charge in [-0.3, -0.25) is 9.59 Å². The molecule has 0 bridgehead atoms. The molecule has 0 spiro atoms. The second kappa shape index (κ2) is 6.13. The van der Waals surface area contributed by atoms with Crippen LogP contribution < -0.4 is 10.6 Å². The number of amides is 2. The number of hydrogen-bond donors (Lipinski definition) is 2. The van der Waals surface area contributed by atoms with Crippen LogP contribution in [0.25, 0.3) is 0 Å². The van der Waals surface area contributed by atoms with Gasteiger partial charge >= 0.3 is 0 Å². The van der Waals surface area contributed by atoms with Gasteiger partial charge in [0.25, 0.3) is 5.91 Å². The molecule has 0 aromatic rings. The molecule has 0 aromatic heterocycles. The molecule has 1 aliphatic rings. The number of hydrogen-bond acceptors (Lipinski definition) is 3. The average molecular weight is 223 g/mol. The lowest BCUT2D eigenvalue weighted by Gasteiger charge is -2.33. The van der Waals surface area contributed by atoms with Crippen molar-refractivity contribution >= 4 is 11.8 Å². The Balaban J connectivity index is 2.73. The summed E-state index contributed by atoms with van der Waals surface area (Å²) in [5.41, 5.74) is 0. The van der Waals surface area contributed by atoms with E-state index in [1.54, 1.807) is 6.92 Å². The summed E-state index contributed by atoms with van der Waals surface area (Å²) in [5, 5.41) is 5.82. The van der Waals surface area contributed by atoms with Crippen molar-refractivity contribution in [3.05, 3.63) is 0 Å². The van der Waals surface area contributed by atoms with E-state index in [1.165, 1.54) is 4.90 Å². The zero-order chi connectivity index (χ0) is 12.0. The first-order chi connectivity index (χ1) is 7.70. The highest BCUT2D eigenvalue weighted by Gasteiger charge is 2.30. The van der Waals surface area contributed by atoms with Crippen molar-refractivity contribution in [2.45, 2.75) is 19.9 Å². The van der Waals surface area contributed by atoms with E-state index in [9.17, 15) is 9.59 Å². The van der Waals surface area contributed by atoms with Crippen LogP contribution in [0.2, 0.25) is 0 Å². The van der Waals surface area contributed by atoms with Crippen LogP contribution in [0.5, 0.6) is 0 Å². The Morgan fingerprint density at radius 2 is 2.31 bits per heavy atom. The van der Waals surface area contributed by atoms with Gasteiger partial charge in [0.05, 0.1) is 0 Å². The van der Waals surface area contributed by atoms with Gasteiger partial charge in [-0.05, 0) is 19.8 Å². The molecule has 0 radical (unpaired) electrons. The summed E-state index contributed by atoms with van der Waals surface area (Å²) >= 11 is 0. The van der Waals surface area contributed by atoms with Gasteiger partial charge in [-0.25, -0.2) is 0 Å². The minimum Gasteiger partial charge on any atom is -0.355 e. The molecule has 88 valence electrons. The smallest absolute Gasteiger partial charge is 0.299 e. The maximum absolute atomic E-state index is 11.7. The van der Waals surface area contributed by atoms with E-state index in [1.807, 2.05) is 6.92 Å². The summed E-state index contributed by atoms with van der Waals surface area (Å²) in [7, 11) is 0. The molecule has 2 amide bonds. The SMILES string of the molecule is CC#CC(=O)N1CCNCC1C(=O)NCC. The summed E-state index contributed by atoms with van der Waals surface area (Å²) in [5.74, 6) is 4.63. The lowest BCUT2D eigenvalue weighted by molar-refractivity contribution is -0.137. The van der Waals surface area contributed by atoms with Gasteiger partial charge in [0, 0.05) is 26.2 Å². The van der Waals surface area contributed by atoms with Crippen molar-refractivity contribution in [3.8, 4) is 11.8 Å². The Labute approximate surface area is 95.6 Å². The summed E-state index contributed by atoms with van der Waals surface area (Å²) in [6, 6.07) is -0.443. The largest absolute Gasteiger partial charge is 0.355 e. The van der Waals surface area contributed by atoms with Crippen LogP contribution in [0, 0.1) is 11.8 Å². The molecule has 1 heterocycles. The Bertz CT molecular complexity index is 330. The van der Waals surface area contributed by atoms with Gasteiger partial charge < -0.3 is 15.5 Å². The van der Waals surface area contributed by atoms with E-state index in [0.29, 0.717) is 26.2 Å². The first-order valence-corrected chi connectivity index (χ1v) is 5.42. The third-order valence-electron chi connectivity index (χ3n) is 2.39. The highest BCUT2D eigenvalue weighted by atomic mass is 16.2. The maximum Gasteiger partial charge on any atom is 0.299 e. The quantitative estimate of drug-likeness (QED) is 0.587. The van der Waals surface area contributed by atoms with E-state index >= 15 is 0 Å². The minimum atomic E-state index is -0.443. The Kier molecular flexibility index (Phi) is 4.80. The molecule has 1 fully saturated rings. The average Bonchev–Trinajstić information content (AvgIpc) is 2.30. The maximum atomic E-state index is 11.7. The van der Waals surface area contributed by atoms with Crippen LogP contribution >= 0.6 is 0 Å². The van der Waals surface area contributed by atoms with Crippen molar-refractivity contribution in [3.63, 3.8) is 0 Å². The number of carbonyl (C=O) groups excluding carboxylic acids is 2. The Morgan fingerprint density at radius 3 is 2.94 bits per heavy atom. The van der Waals surface area contributed by atoms with Crippen molar-refractivity contribution in [2.75, 3.05) is 26.2 Å². The summed E-state index contributed by atoms with van der Waals surface area (Å²) in [6.07, 6.45) is 0. The fourth-order valence-corrected chi connectivity index (χ4v) is 1.65. The molecule has 5 heteroatoms. The highest BCUT2D eigenvalue weighted by Crippen LogP contribution is 2.03. The first-order valence-electron chi connectivity index (χ1n) is 5.42. The van der Waals surface area contributed by atoms with Crippen LogP contribution in [0.4, 0.5) is 0 Å². The van der Waals surface area contributed by atoms with Crippen LogP contribution in [-0.2, 0) is 9.59 Å². The molecule has 1 rings (SSSR count). The Morgan fingerprint density at radius 1 is 1.56 bits per heavy atom. The van der Waals surface area contributed by atoms with E-state index < -0.39 is 6.04 Å². The molecular weight excluding hydrogens is 206 g/mol. The Hall–Kier alpha value is -1.54. The molecule has 0 aliphatic carbocycles. The van der Waals surface area contributed by atoms with Gasteiger partial charge in [-0.1, -0.05) is 5.92 Å². The molecule has 16 heavy (non-hydrogen) atoms. The molecule has 0 aromatic carbocycles. The van der Waals surface area contributed by atoms with Gasteiger partial charge in [-0.15, -0.1) is 0 Å². The number of nitrogens with one attached hydrogen (secondary N) is 2. The fraction of sp³-hybridized carbons (Fsp3) is 0.636. The highest BCUT2D eigenvalue weighted by molar-refractivity contribution is 5.97. The summed E-state index contributed by atoms with van der Waals surface area (Å²) in [6.45, 7) is 5.75. The number of nitrogens with zero attached hydrogens (tertiary/aromatic N) is 1. The molecule has 5 nitrogen and oxygen atoms in total. The van der Waals surface area contributed by atoms with Crippen LogP contribution in [0.3, 0.4) is 0 Å². The topological polar surface area (TPSA) is 61.4 Å². The second-order valence-corrected chi connectivity index (χ2v) is 3.49. The third-order valence-corrected chi connectivity index (χ3v) is 2.39. The number of likely N-dealkylation sites (N-methyl/N-ethyl adjacent to an activating group) is 1. The summed E-state index contributed by atoms with van der Waals surface area (Å²) < 4.78 is 0. The van der Waals surface area contributed by atoms with Crippen molar-refractivity contribution in [1.29, 1.82) is 0 Å². The molecule has 1 unspecified atom stereocenters. The lowest BCUT2D eigenvalue weighted by atomic mass is 10.1. The van der Waals surface area contributed by atoms with E-state index in [4.69, 9.17) is 0 Å². The van der Waals surface area contributed by atoms with Gasteiger partial charge in [0.2, 0.25) is 5.91 Å². The second-order valence-electron chi connectivity index (χ2n) is 3.49. The van der Waals surface area contributed by atoms with Crippen LogP contribution in [-0.4, -0.2) is 48.9 Å². The fourth-order valence-electron chi connectivity index (χ4n) is 1.65. The third kappa shape index (κ3) is 2.97. The zero-order valence-electron chi connectivity index (χ0n) is 9.67. The van der Waals surface area contributed by atoms with Crippen molar-refractivity contribution < 1.29 is 9.59 Å². The molecule has 0 saturated carbocycles. The normalized spacial score (nSPS) is 19.6. The van der Waals surface area contributed by atoms with Crippen LogP contribution in [0.1, 0.15) is 13.8 Å². The van der Waals surface area contributed by atoms with Gasteiger partial charge in [0.15, 0.2) is 0 Å². The zero-order valence-corrected chi connectivity index (χ0v) is 9.67. The van der Waals surface area contributed by atoms with Crippen molar-refractivity contribution in [1.82, 2.24) is 15.5 Å². The van der Waals surface area contributed by atoms with E-state index in [2.05, 4.69) is 22.5 Å². The lowest BCUT2D eigenvalue weighted by Crippen LogP contribution is -2.59. The molecule has 1 aliphatic heterocycles. The predicted molar refractivity (Wildman–Crippen MR) is 60.5 cm³/mol. The minimum absolute atomic E-state index is 0.124. The first kappa shape index (κ1) is 12.5. The van der Waals surface area contributed by atoms with Crippen molar-refractivity contribution in [2.24, 2.45) is 0 Å². The standard InChI is InChI=1S/C11H17N3O2/c1-3-5-10(15)14-7-6-12-8-9(14)11(16)13-4-2/h9,12H,4,6-8H2,1-2H3,(H,13,16). The van der Waals surface area contributed by atoms with Crippen LogP contribution in [0.15, 0.2) is 0 Å². The molecular formula is C11H17N3O2.